The van der Waals surface area contributed by atoms with Crippen molar-refractivity contribution < 1.29 is 18.7 Å². The monoisotopic (exact) mass is 464 g/mol. The lowest BCUT2D eigenvalue weighted by atomic mass is 10.2. The number of para-hydroxylation sites is 2. The molecule has 2 aromatic carbocycles. The fourth-order valence-corrected chi connectivity index (χ4v) is 3.15. The number of H-pyrrole nitrogens is 1. The van der Waals surface area contributed by atoms with E-state index in [1.165, 1.54) is 31.3 Å². The van der Waals surface area contributed by atoms with E-state index in [2.05, 4.69) is 25.9 Å². The van der Waals surface area contributed by atoms with Crippen molar-refractivity contribution >= 4 is 22.8 Å². The number of aromatic nitrogens is 4. The van der Waals surface area contributed by atoms with Gasteiger partial charge in [-0.15, -0.1) is 0 Å². The van der Waals surface area contributed by atoms with E-state index in [4.69, 9.17) is 4.74 Å². The zero-order valence-electron chi connectivity index (χ0n) is 18.1. The van der Waals surface area contributed by atoms with Crippen LogP contribution in [0.5, 0.6) is 5.75 Å². The number of nitrogens with zero attached hydrogens (tertiary/aromatic N) is 3. The summed E-state index contributed by atoms with van der Waals surface area (Å²) < 4.78 is 20.5. The maximum Gasteiger partial charge on any atom is 0.279 e. The number of ether oxygens (including phenoxy) is 1. The predicted molar refractivity (Wildman–Crippen MR) is 121 cm³/mol. The summed E-state index contributed by atoms with van der Waals surface area (Å²) in [6.45, 7) is 1.42. The Kier molecular flexibility index (Phi) is 6.62. The van der Waals surface area contributed by atoms with Crippen LogP contribution in [0.15, 0.2) is 65.6 Å². The van der Waals surface area contributed by atoms with Gasteiger partial charge < -0.3 is 9.72 Å². The summed E-state index contributed by atoms with van der Waals surface area (Å²) in [5.41, 5.74) is 5.25. The molecular weight excluding hydrogens is 443 g/mol. The second kappa shape index (κ2) is 9.94. The second-order valence-corrected chi connectivity index (χ2v) is 7.37. The molecule has 10 nitrogen and oxygen atoms in total. The molecule has 1 unspecified atom stereocenters. The van der Waals surface area contributed by atoms with Gasteiger partial charge in [-0.2, -0.15) is 5.10 Å². The van der Waals surface area contributed by atoms with Gasteiger partial charge in [0.05, 0.1) is 11.9 Å². The van der Waals surface area contributed by atoms with Gasteiger partial charge in [0.25, 0.3) is 11.5 Å². The van der Waals surface area contributed by atoms with Gasteiger partial charge >= 0.3 is 0 Å². The zero-order valence-corrected chi connectivity index (χ0v) is 18.1. The highest BCUT2D eigenvalue weighted by Crippen LogP contribution is 2.17. The van der Waals surface area contributed by atoms with E-state index < -0.39 is 23.7 Å². The highest BCUT2D eigenvalue weighted by molar-refractivity contribution is 5.84. The van der Waals surface area contributed by atoms with Gasteiger partial charge in [-0.05, 0) is 31.2 Å². The zero-order chi connectivity index (χ0) is 24.1. The number of aryl methyl sites for hydroxylation is 1. The average molecular weight is 464 g/mol. The van der Waals surface area contributed by atoms with E-state index in [-0.39, 0.29) is 24.2 Å². The van der Waals surface area contributed by atoms with E-state index in [0.717, 1.165) is 5.69 Å². The molecule has 2 heterocycles. The highest BCUT2D eigenvalue weighted by Gasteiger charge is 2.17. The summed E-state index contributed by atoms with van der Waals surface area (Å²) in [5.74, 6) is -1.54. The number of hydrogen-bond acceptors (Lipinski definition) is 6. The summed E-state index contributed by atoms with van der Waals surface area (Å²) in [7, 11) is 0. The number of carbonyl (C=O) groups is 2. The summed E-state index contributed by atoms with van der Waals surface area (Å²) in [6.07, 6.45) is 0.450. The molecule has 0 saturated carbocycles. The number of halogens is 1. The molecule has 0 aliphatic carbocycles. The van der Waals surface area contributed by atoms with Crippen LogP contribution in [0.1, 0.15) is 19.2 Å². The number of carbonyl (C=O) groups excluding carboxylic acids is 2. The number of amides is 2. The Morgan fingerprint density at radius 3 is 2.62 bits per heavy atom. The Morgan fingerprint density at radius 2 is 1.85 bits per heavy atom. The smallest absolute Gasteiger partial charge is 0.279 e. The summed E-state index contributed by atoms with van der Waals surface area (Å²) >= 11 is 0. The Balaban J connectivity index is 1.34. The van der Waals surface area contributed by atoms with Crippen molar-refractivity contribution in [1.82, 2.24) is 30.6 Å². The molecule has 4 aromatic rings. The number of aromatic amines is 1. The van der Waals surface area contributed by atoms with Gasteiger partial charge in [-0.25, -0.2) is 14.1 Å². The summed E-state index contributed by atoms with van der Waals surface area (Å²) in [5, 5.41) is 4.56. The van der Waals surface area contributed by atoms with Gasteiger partial charge in [-0.3, -0.25) is 25.2 Å². The number of fused-ring (bicyclic) bond motifs is 1. The molecule has 0 spiro atoms. The van der Waals surface area contributed by atoms with Crippen molar-refractivity contribution in [3.63, 3.8) is 0 Å². The first kappa shape index (κ1) is 22.6. The Morgan fingerprint density at radius 1 is 1.12 bits per heavy atom. The van der Waals surface area contributed by atoms with Crippen LogP contribution < -0.4 is 21.1 Å². The Hall–Kier alpha value is -4.54. The summed E-state index contributed by atoms with van der Waals surface area (Å²) in [4.78, 5) is 43.8. The molecule has 0 aliphatic rings. The first-order valence-corrected chi connectivity index (χ1v) is 10.4. The van der Waals surface area contributed by atoms with Crippen LogP contribution in [0.4, 0.5) is 4.39 Å². The molecule has 2 amide bonds. The molecule has 4 rings (SSSR count). The maximum absolute atomic E-state index is 13.7. The van der Waals surface area contributed by atoms with E-state index in [1.54, 1.807) is 10.7 Å². The molecular formula is C23H21FN6O4. The van der Waals surface area contributed by atoms with Crippen molar-refractivity contribution in [2.24, 2.45) is 0 Å². The highest BCUT2D eigenvalue weighted by atomic mass is 19.1. The first-order valence-electron chi connectivity index (χ1n) is 10.4. The number of hydrazine groups is 1. The normalized spacial score (nSPS) is 11.7. The first-order chi connectivity index (χ1) is 16.4. The van der Waals surface area contributed by atoms with E-state index in [1.807, 2.05) is 30.3 Å². The van der Waals surface area contributed by atoms with Crippen LogP contribution in [0.3, 0.4) is 0 Å². The maximum atomic E-state index is 13.7. The van der Waals surface area contributed by atoms with Gasteiger partial charge in [0.15, 0.2) is 23.3 Å². The largest absolute Gasteiger partial charge is 0.478 e. The summed E-state index contributed by atoms with van der Waals surface area (Å²) in [6, 6.07) is 14.9. The third kappa shape index (κ3) is 5.09. The van der Waals surface area contributed by atoms with Crippen molar-refractivity contribution in [3.05, 3.63) is 82.8 Å². The molecule has 3 N–H and O–H groups in total. The Bertz CT molecular complexity index is 1390. The lowest BCUT2D eigenvalue weighted by Crippen LogP contribution is -2.47. The van der Waals surface area contributed by atoms with Crippen molar-refractivity contribution in [1.29, 1.82) is 0 Å². The molecule has 0 saturated heterocycles. The van der Waals surface area contributed by atoms with Crippen LogP contribution in [-0.4, -0.2) is 37.7 Å². The van der Waals surface area contributed by atoms with Gasteiger partial charge in [-0.1, -0.05) is 30.3 Å². The quantitative estimate of drug-likeness (QED) is 0.358. The third-order valence-corrected chi connectivity index (χ3v) is 4.91. The Labute approximate surface area is 192 Å². The van der Waals surface area contributed by atoms with Crippen LogP contribution in [0, 0.1) is 5.82 Å². The van der Waals surface area contributed by atoms with Crippen molar-refractivity contribution in [3.8, 4) is 11.4 Å². The van der Waals surface area contributed by atoms with Crippen LogP contribution >= 0.6 is 0 Å². The van der Waals surface area contributed by atoms with E-state index in [0.29, 0.717) is 16.9 Å². The standard InChI is InChI=1S/C23H21FN6O4/c1-14(34-18-10-6-5-9-17(18)24)22(32)29-28-20(31)12-11-19-26-21-16(23(33)27-19)13-25-30(21)15-7-3-2-4-8-15/h2-10,13-14H,11-12H2,1H3,(H,28,31)(H,29,32)(H,26,27,33). The topological polar surface area (TPSA) is 131 Å². The molecule has 0 fully saturated rings. The van der Waals surface area contributed by atoms with Crippen molar-refractivity contribution in [2.45, 2.75) is 25.9 Å². The number of rotatable bonds is 7. The molecule has 0 radical (unpaired) electrons. The number of hydrogen-bond donors (Lipinski definition) is 3. The van der Waals surface area contributed by atoms with Gasteiger partial charge in [0.1, 0.15) is 11.2 Å². The van der Waals surface area contributed by atoms with Gasteiger partial charge in [0.2, 0.25) is 5.91 Å². The molecule has 0 bridgehead atoms. The number of nitrogens with one attached hydrogen (secondary N) is 3. The lowest BCUT2D eigenvalue weighted by Gasteiger charge is -2.15. The fourth-order valence-electron chi connectivity index (χ4n) is 3.15. The fraction of sp³-hybridized carbons (Fsp3) is 0.174. The molecule has 11 heteroatoms. The molecule has 34 heavy (non-hydrogen) atoms. The molecule has 2 aromatic heterocycles. The molecule has 174 valence electrons. The van der Waals surface area contributed by atoms with Crippen LogP contribution in [0.2, 0.25) is 0 Å². The third-order valence-electron chi connectivity index (χ3n) is 4.91. The minimum absolute atomic E-state index is 0.0588. The minimum atomic E-state index is -1.05. The predicted octanol–water partition coefficient (Wildman–Crippen LogP) is 1.80. The van der Waals surface area contributed by atoms with Crippen LogP contribution in [0.25, 0.3) is 16.7 Å². The van der Waals surface area contributed by atoms with Gasteiger partial charge in [0, 0.05) is 12.8 Å². The van der Waals surface area contributed by atoms with Crippen LogP contribution in [-0.2, 0) is 16.0 Å². The van der Waals surface area contributed by atoms with E-state index in [9.17, 15) is 18.8 Å². The van der Waals surface area contributed by atoms with Crippen molar-refractivity contribution in [2.75, 3.05) is 0 Å². The molecule has 0 aliphatic heterocycles. The molecule has 1 atom stereocenters. The number of benzene rings is 2. The second-order valence-electron chi connectivity index (χ2n) is 7.37. The average Bonchev–Trinajstić information content (AvgIpc) is 3.27. The van der Waals surface area contributed by atoms with E-state index >= 15 is 0 Å². The SMILES string of the molecule is CC(Oc1ccccc1F)C(=O)NNC(=O)CCc1nc2c(cnn2-c2ccccc2)c(=O)[nH]1. The lowest BCUT2D eigenvalue weighted by molar-refractivity contribution is -0.132. The minimum Gasteiger partial charge on any atom is -0.478 e.